The van der Waals surface area contributed by atoms with Crippen LogP contribution in [-0.4, -0.2) is 11.7 Å². The molecule has 150 valence electrons. The van der Waals surface area contributed by atoms with Gasteiger partial charge in [-0.3, -0.25) is 14.5 Å². The highest BCUT2D eigenvalue weighted by Gasteiger charge is 2.44. The lowest BCUT2D eigenvalue weighted by atomic mass is 9.69. The van der Waals surface area contributed by atoms with Gasteiger partial charge in [0.2, 0.25) is 5.91 Å². The molecule has 2 aliphatic rings. The van der Waals surface area contributed by atoms with Gasteiger partial charge < -0.3 is 0 Å². The number of allylic oxidation sites excluding steroid dienone is 2. The van der Waals surface area contributed by atoms with Crippen LogP contribution in [0, 0.1) is 26.2 Å². The second-order valence-corrected chi connectivity index (χ2v) is 9.42. The van der Waals surface area contributed by atoms with Crippen LogP contribution in [0.3, 0.4) is 0 Å². The Morgan fingerprint density at radius 3 is 2.31 bits per heavy atom. The quantitative estimate of drug-likeness (QED) is 0.655. The molecule has 3 heteroatoms. The Balaban J connectivity index is 1.92. The number of rotatable bonds is 2. The van der Waals surface area contributed by atoms with Gasteiger partial charge >= 0.3 is 0 Å². The summed E-state index contributed by atoms with van der Waals surface area (Å²) in [6.07, 6.45) is 1.60. The molecular formula is C26H29NO2. The first-order chi connectivity index (χ1) is 13.7. The van der Waals surface area contributed by atoms with Gasteiger partial charge in [-0.2, -0.15) is 0 Å². The van der Waals surface area contributed by atoms with Crippen molar-refractivity contribution in [2.75, 3.05) is 4.90 Å². The van der Waals surface area contributed by atoms with E-state index in [4.69, 9.17) is 0 Å². The molecule has 29 heavy (non-hydrogen) atoms. The third-order valence-corrected chi connectivity index (χ3v) is 6.44. The molecule has 0 saturated heterocycles. The fourth-order valence-electron chi connectivity index (χ4n) is 4.76. The maximum atomic E-state index is 13.5. The highest BCUT2D eigenvalue weighted by molar-refractivity contribution is 6.08. The molecule has 1 amide bonds. The number of carbonyl (C=O) groups excluding carboxylic acids is 2. The van der Waals surface area contributed by atoms with Gasteiger partial charge in [0.25, 0.3) is 0 Å². The van der Waals surface area contributed by atoms with Gasteiger partial charge in [0.1, 0.15) is 0 Å². The van der Waals surface area contributed by atoms with E-state index in [1.165, 1.54) is 5.56 Å². The first-order valence-electron chi connectivity index (χ1n) is 10.4. The van der Waals surface area contributed by atoms with E-state index in [0.29, 0.717) is 12.8 Å². The molecule has 0 spiro atoms. The Morgan fingerprint density at radius 2 is 1.62 bits per heavy atom. The van der Waals surface area contributed by atoms with Gasteiger partial charge in [-0.25, -0.2) is 0 Å². The summed E-state index contributed by atoms with van der Waals surface area (Å²) in [5.74, 6) is 0.112. The van der Waals surface area contributed by atoms with Crippen molar-refractivity contribution in [2.24, 2.45) is 5.41 Å². The first kappa shape index (κ1) is 19.6. The summed E-state index contributed by atoms with van der Waals surface area (Å²) in [4.78, 5) is 28.6. The summed E-state index contributed by atoms with van der Waals surface area (Å²) in [5, 5.41) is 0. The zero-order chi connectivity index (χ0) is 20.9. The van der Waals surface area contributed by atoms with Crippen LogP contribution in [0.5, 0.6) is 0 Å². The average molecular weight is 388 g/mol. The minimum absolute atomic E-state index is 0.0773. The smallest absolute Gasteiger partial charge is 0.232 e. The fraction of sp³-hybridized carbons (Fsp3) is 0.385. The second kappa shape index (κ2) is 6.98. The lowest BCUT2D eigenvalue weighted by Crippen LogP contribution is -2.44. The van der Waals surface area contributed by atoms with Crippen LogP contribution in [-0.2, 0) is 9.59 Å². The van der Waals surface area contributed by atoms with Crippen molar-refractivity contribution < 1.29 is 9.59 Å². The fourth-order valence-corrected chi connectivity index (χ4v) is 4.76. The molecule has 3 nitrogen and oxygen atoms in total. The Morgan fingerprint density at radius 1 is 0.931 bits per heavy atom. The molecule has 0 fully saturated rings. The van der Waals surface area contributed by atoms with Crippen molar-refractivity contribution in [3.8, 4) is 0 Å². The molecule has 0 N–H and O–H groups in total. The molecule has 0 radical (unpaired) electrons. The summed E-state index contributed by atoms with van der Waals surface area (Å²) < 4.78 is 0. The van der Waals surface area contributed by atoms with Crippen molar-refractivity contribution in [1.29, 1.82) is 0 Å². The van der Waals surface area contributed by atoms with Crippen LogP contribution in [0.15, 0.2) is 53.7 Å². The largest absolute Gasteiger partial charge is 0.294 e. The summed E-state index contributed by atoms with van der Waals surface area (Å²) in [7, 11) is 0. The van der Waals surface area contributed by atoms with Gasteiger partial charge in [0, 0.05) is 30.0 Å². The van der Waals surface area contributed by atoms with Crippen LogP contribution in [0.1, 0.15) is 61.3 Å². The number of hydrogen-bond acceptors (Lipinski definition) is 2. The Kier molecular flexibility index (Phi) is 4.72. The van der Waals surface area contributed by atoms with Crippen molar-refractivity contribution in [3.63, 3.8) is 0 Å². The van der Waals surface area contributed by atoms with Gasteiger partial charge in [-0.1, -0.05) is 55.8 Å². The second-order valence-electron chi connectivity index (χ2n) is 9.42. The third-order valence-electron chi connectivity index (χ3n) is 6.44. The van der Waals surface area contributed by atoms with E-state index >= 15 is 0 Å². The average Bonchev–Trinajstić information content (AvgIpc) is 2.63. The van der Waals surface area contributed by atoms with Crippen LogP contribution in [0.2, 0.25) is 0 Å². The van der Waals surface area contributed by atoms with Crippen LogP contribution >= 0.6 is 0 Å². The number of hydrogen-bond donors (Lipinski definition) is 0. The van der Waals surface area contributed by atoms with Gasteiger partial charge in [-0.05, 0) is 55.4 Å². The summed E-state index contributed by atoms with van der Waals surface area (Å²) in [6.45, 7) is 10.4. The number of amides is 1. The van der Waals surface area contributed by atoms with Crippen molar-refractivity contribution in [1.82, 2.24) is 0 Å². The maximum absolute atomic E-state index is 13.5. The van der Waals surface area contributed by atoms with Gasteiger partial charge in [0.05, 0.1) is 5.69 Å². The third kappa shape index (κ3) is 3.43. The van der Waals surface area contributed by atoms with Gasteiger partial charge in [0.15, 0.2) is 5.78 Å². The topological polar surface area (TPSA) is 37.4 Å². The van der Waals surface area contributed by atoms with Crippen LogP contribution < -0.4 is 4.90 Å². The van der Waals surface area contributed by atoms with E-state index in [9.17, 15) is 9.59 Å². The van der Waals surface area contributed by atoms with Crippen molar-refractivity contribution >= 4 is 17.4 Å². The van der Waals surface area contributed by atoms with Crippen molar-refractivity contribution in [3.05, 3.63) is 76.0 Å². The minimum atomic E-state index is -0.151. The molecule has 1 heterocycles. The summed E-state index contributed by atoms with van der Waals surface area (Å²) >= 11 is 0. The summed E-state index contributed by atoms with van der Waals surface area (Å²) in [6, 6.07) is 14.3. The molecular weight excluding hydrogens is 358 g/mol. The molecule has 0 saturated carbocycles. The minimum Gasteiger partial charge on any atom is -0.294 e. The number of benzene rings is 2. The number of Topliss-reactive ketones (excluding diaryl/α,β-unsaturated/α-hetero) is 1. The number of carbonyl (C=O) groups is 2. The molecule has 2 aromatic rings. The molecule has 2 aromatic carbocycles. The van der Waals surface area contributed by atoms with E-state index in [2.05, 4.69) is 65.0 Å². The number of aryl methyl sites for hydroxylation is 2. The summed E-state index contributed by atoms with van der Waals surface area (Å²) in [5.41, 5.74) is 6.99. The maximum Gasteiger partial charge on any atom is 0.232 e. The highest BCUT2D eigenvalue weighted by Crippen LogP contribution is 2.48. The molecule has 1 unspecified atom stereocenters. The number of ketones is 1. The molecule has 1 atom stereocenters. The molecule has 0 bridgehead atoms. The molecule has 4 rings (SSSR count). The van der Waals surface area contributed by atoms with Crippen LogP contribution in [0.4, 0.5) is 5.69 Å². The van der Waals surface area contributed by atoms with Crippen molar-refractivity contribution in [2.45, 2.75) is 59.8 Å². The van der Waals surface area contributed by atoms with E-state index in [1.807, 2.05) is 17.0 Å². The van der Waals surface area contributed by atoms with E-state index < -0.39 is 0 Å². The SMILES string of the molecule is Cc1ccc(C2CC(=O)N(c3cccc(C)c3C)C3=C2C(=O)CC(C)(C)C3)cc1. The normalized spacial score (nSPS) is 21.4. The first-order valence-corrected chi connectivity index (χ1v) is 10.4. The monoisotopic (exact) mass is 387 g/mol. The van der Waals surface area contributed by atoms with Crippen LogP contribution in [0.25, 0.3) is 0 Å². The highest BCUT2D eigenvalue weighted by atomic mass is 16.2. The lowest BCUT2D eigenvalue weighted by Gasteiger charge is -2.43. The zero-order valence-electron chi connectivity index (χ0n) is 18.0. The predicted octanol–water partition coefficient (Wildman–Crippen LogP) is 5.78. The van der Waals surface area contributed by atoms with E-state index in [1.54, 1.807) is 0 Å². The Bertz CT molecular complexity index is 1030. The number of anilines is 1. The Labute approximate surface area is 173 Å². The zero-order valence-corrected chi connectivity index (χ0v) is 18.0. The molecule has 0 aromatic heterocycles. The van der Waals surface area contributed by atoms with E-state index in [-0.39, 0.29) is 23.0 Å². The molecule has 1 aliphatic heterocycles. The van der Waals surface area contributed by atoms with Gasteiger partial charge in [-0.15, -0.1) is 0 Å². The Hall–Kier alpha value is -2.68. The number of nitrogens with zero attached hydrogens (tertiary/aromatic N) is 1. The van der Waals surface area contributed by atoms with E-state index in [0.717, 1.165) is 40.1 Å². The molecule has 1 aliphatic carbocycles. The standard InChI is InChI=1S/C26H29NO2/c1-16-9-11-19(12-10-16)20-13-24(29)27(21-8-6-7-17(2)18(21)3)22-14-26(4,5)15-23(28)25(20)22/h6-12,20H,13-15H2,1-5H3. The lowest BCUT2D eigenvalue weighted by molar-refractivity contribution is -0.121. The predicted molar refractivity (Wildman–Crippen MR) is 117 cm³/mol.